The van der Waals surface area contributed by atoms with Gasteiger partial charge in [-0.2, -0.15) is 0 Å². The molecule has 1 unspecified atom stereocenters. The minimum absolute atomic E-state index is 0.317. The third-order valence-corrected chi connectivity index (χ3v) is 3.40. The first-order chi connectivity index (χ1) is 8.90. The Hall–Kier alpha value is -1.45. The van der Waals surface area contributed by atoms with Gasteiger partial charge in [-0.15, -0.1) is 0 Å². The van der Waals surface area contributed by atoms with E-state index in [0.29, 0.717) is 21.7 Å². The second-order valence-electron chi connectivity index (χ2n) is 4.60. The van der Waals surface area contributed by atoms with Gasteiger partial charge in [0.2, 0.25) is 0 Å². The molecule has 0 amide bonds. The van der Waals surface area contributed by atoms with Gasteiger partial charge in [0.05, 0.1) is 6.04 Å². The number of benzene rings is 2. The highest BCUT2D eigenvalue weighted by Crippen LogP contribution is 2.29. The number of rotatable bonds is 2. The van der Waals surface area contributed by atoms with E-state index in [4.69, 9.17) is 17.3 Å². The molecule has 100 valence electrons. The molecular weight excluding hydrogens is 268 g/mol. The summed E-state index contributed by atoms with van der Waals surface area (Å²) in [6.45, 7) is 3.53. The Labute approximate surface area is 116 Å². The number of aryl methyl sites for hydroxylation is 2. The second kappa shape index (κ2) is 5.27. The molecule has 0 radical (unpaired) electrons. The molecule has 0 saturated carbocycles. The molecule has 0 spiro atoms. The monoisotopic (exact) mass is 281 g/mol. The molecule has 4 heteroatoms. The Morgan fingerprint density at radius 2 is 1.63 bits per heavy atom. The van der Waals surface area contributed by atoms with E-state index in [1.807, 2.05) is 0 Å². The molecule has 0 aliphatic heterocycles. The molecule has 19 heavy (non-hydrogen) atoms. The summed E-state index contributed by atoms with van der Waals surface area (Å²) in [4.78, 5) is 0. The van der Waals surface area contributed by atoms with Gasteiger partial charge in [0.15, 0.2) is 0 Å². The van der Waals surface area contributed by atoms with Crippen LogP contribution in [0.2, 0.25) is 5.02 Å². The first-order valence-corrected chi connectivity index (χ1v) is 6.25. The summed E-state index contributed by atoms with van der Waals surface area (Å²) < 4.78 is 27.2. The average molecular weight is 282 g/mol. The van der Waals surface area contributed by atoms with Crippen LogP contribution in [0.1, 0.15) is 28.3 Å². The van der Waals surface area contributed by atoms with E-state index in [0.717, 1.165) is 5.56 Å². The topological polar surface area (TPSA) is 26.0 Å². The van der Waals surface area contributed by atoms with Crippen LogP contribution >= 0.6 is 11.6 Å². The van der Waals surface area contributed by atoms with Crippen molar-refractivity contribution in [3.63, 3.8) is 0 Å². The van der Waals surface area contributed by atoms with Crippen LogP contribution in [0, 0.1) is 25.5 Å². The van der Waals surface area contributed by atoms with Crippen LogP contribution in [-0.4, -0.2) is 0 Å². The van der Waals surface area contributed by atoms with Crippen molar-refractivity contribution in [2.75, 3.05) is 0 Å². The van der Waals surface area contributed by atoms with Crippen molar-refractivity contribution in [1.82, 2.24) is 0 Å². The summed E-state index contributed by atoms with van der Waals surface area (Å²) in [7, 11) is 0. The molecule has 0 bridgehead atoms. The Morgan fingerprint density at radius 3 is 2.16 bits per heavy atom. The standard InChI is InChI=1S/C15H14ClF2N/c1-8-5-11(17)6-9(2)14(8)15(19)12-4-3-10(16)7-13(12)18/h3-7,15H,19H2,1-2H3. The average Bonchev–Trinajstić information content (AvgIpc) is 2.26. The molecule has 0 aromatic heterocycles. The van der Waals surface area contributed by atoms with Gasteiger partial charge < -0.3 is 5.73 Å². The molecule has 0 fully saturated rings. The SMILES string of the molecule is Cc1cc(F)cc(C)c1C(N)c1ccc(Cl)cc1F. The highest BCUT2D eigenvalue weighted by Gasteiger charge is 2.18. The van der Waals surface area contributed by atoms with Gasteiger partial charge in [-0.3, -0.25) is 0 Å². The number of halogens is 3. The van der Waals surface area contributed by atoms with Crippen LogP contribution in [0.15, 0.2) is 30.3 Å². The molecule has 0 aliphatic carbocycles. The largest absolute Gasteiger partial charge is 0.320 e. The van der Waals surface area contributed by atoms with Crippen LogP contribution in [0.25, 0.3) is 0 Å². The summed E-state index contributed by atoms with van der Waals surface area (Å²) in [5, 5.41) is 0.320. The van der Waals surface area contributed by atoms with E-state index in [-0.39, 0.29) is 5.82 Å². The lowest BCUT2D eigenvalue weighted by Crippen LogP contribution is -2.16. The first kappa shape index (κ1) is 14.0. The zero-order chi connectivity index (χ0) is 14.2. The van der Waals surface area contributed by atoms with E-state index in [2.05, 4.69) is 0 Å². The molecule has 0 aliphatic rings. The van der Waals surface area contributed by atoms with E-state index in [1.165, 1.54) is 18.2 Å². The number of hydrogen-bond acceptors (Lipinski definition) is 1. The van der Waals surface area contributed by atoms with Gasteiger partial charge in [-0.25, -0.2) is 8.78 Å². The third kappa shape index (κ3) is 2.77. The highest BCUT2D eigenvalue weighted by molar-refractivity contribution is 6.30. The number of nitrogens with two attached hydrogens (primary N) is 1. The lowest BCUT2D eigenvalue weighted by atomic mass is 9.91. The van der Waals surface area contributed by atoms with E-state index >= 15 is 0 Å². The minimum atomic E-state index is -0.641. The molecule has 0 heterocycles. The molecule has 2 N–H and O–H groups in total. The minimum Gasteiger partial charge on any atom is -0.320 e. The van der Waals surface area contributed by atoms with Crippen LogP contribution in [0.5, 0.6) is 0 Å². The molecular formula is C15H14ClF2N. The summed E-state index contributed by atoms with van der Waals surface area (Å²) in [6.07, 6.45) is 0. The van der Waals surface area contributed by atoms with Gasteiger partial charge in [0, 0.05) is 10.6 Å². The smallest absolute Gasteiger partial charge is 0.129 e. The fourth-order valence-electron chi connectivity index (χ4n) is 2.32. The highest BCUT2D eigenvalue weighted by atomic mass is 35.5. The normalized spacial score (nSPS) is 12.5. The Balaban J connectivity index is 2.53. The Morgan fingerprint density at radius 1 is 1.05 bits per heavy atom. The Kier molecular flexibility index (Phi) is 3.88. The van der Waals surface area contributed by atoms with Crippen LogP contribution < -0.4 is 5.73 Å². The molecule has 1 atom stereocenters. The molecule has 0 saturated heterocycles. The van der Waals surface area contributed by atoms with Crippen LogP contribution in [-0.2, 0) is 0 Å². The van der Waals surface area contributed by atoms with Crippen LogP contribution in [0.3, 0.4) is 0 Å². The fourth-order valence-corrected chi connectivity index (χ4v) is 2.48. The van der Waals surface area contributed by atoms with Crippen molar-refractivity contribution >= 4 is 11.6 Å². The summed E-state index contributed by atoms with van der Waals surface area (Å²) in [5.74, 6) is -0.773. The Bertz CT molecular complexity index is 603. The zero-order valence-corrected chi connectivity index (χ0v) is 11.4. The van der Waals surface area contributed by atoms with Gasteiger partial charge in [-0.1, -0.05) is 17.7 Å². The van der Waals surface area contributed by atoms with Crippen molar-refractivity contribution in [2.45, 2.75) is 19.9 Å². The van der Waals surface area contributed by atoms with E-state index in [9.17, 15) is 8.78 Å². The summed E-state index contributed by atoms with van der Waals surface area (Å²) in [5.41, 5.74) is 8.62. The van der Waals surface area contributed by atoms with Gasteiger partial charge in [0.25, 0.3) is 0 Å². The van der Waals surface area contributed by atoms with Crippen molar-refractivity contribution < 1.29 is 8.78 Å². The molecule has 2 rings (SSSR count). The summed E-state index contributed by atoms with van der Waals surface area (Å²) in [6, 6.07) is 6.54. The van der Waals surface area contributed by atoms with E-state index < -0.39 is 11.9 Å². The van der Waals surface area contributed by atoms with Gasteiger partial charge >= 0.3 is 0 Å². The fraction of sp³-hybridized carbons (Fsp3) is 0.200. The van der Waals surface area contributed by atoms with Crippen molar-refractivity contribution in [2.24, 2.45) is 5.73 Å². The lowest BCUT2D eigenvalue weighted by molar-refractivity contribution is 0.597. The van der Waals surface area contributed by atoms with Gasteiger partial charge in [-0.05, 0) is 54.8 Å². The van der Waals surface area contributed by atoms with Gasteiger partial charge in [0.1, 0.15) is 11.6 Å². The first-order valence-electron chi connectivity index (χ1n) is 5.87. The predicted molar refractivity (Wildman–Crippen MR) is 73.3 cm³/mol. The second-order valence-corrected chi connectivity index (χ2v) is 5.03. The maximum atomic E-state index is 13.9. The lowest BCUT2D eigenvalue weighted by Gasteiger charge is -2.19. The maximum Gasteiger partial charge on any atom is 0.129 e. The van der Waals surface area contributed by atoms with Crippen molar-refractivity contribution in [3.8, 4) is 0 Å². The molecule has 1 nitrogen and oxygen atoms in total. The third-order valence-electron chi connectivity index (χ3n) is 3.17. The quantitative estimate of drug-likeness (QED) is 0.873. The predicted octanol–water partition coefficient (Wildman–Crippen LogP) is 4.28. The molecule has 2 aromatic carbocycles. The zero-order valence-electron chi connectivity index (χ0n) is 10.7. The number of hydrogen-bond donors (Lipinski definition) is 1. The molecule has 2 aromatic rings. The van der Waals surface area contributed by atoms with E-state index in [1.54, 1.807) is 26.0 Å². The van der Waals surface area contributed by atoms with Crippen LogP contribution in [0.4, 0.5) is 8.78 Å². The van der Waals surface area contributed by atoms with Crippen molar-refractivity contribution in [1.29, 1.82) is 0 Å². The van der Waals surface area contributed by atoms with Crippen molar-refractivity contribution in [3.05, 3.63) is 69.2 Å². The summed E-state index contributed by atoms with van der Waals surface area (Å²) >= 11 is 5.72. The maximum absolute atomic E-state index is 13.9.